The van der Waals surface area contributed by atoms with Gasteiger partial charge in [0.05, 0.1) is 5.52 Å². The predicted molar refractivity (Wildman–Crippen MR) is 79.2 cm³/mol. The first-order valence-electron chi connectivity index (χ1n) is 6.45. The van der Waals surface area contributed by atoms with Crippen molar-refractivity contribution in [1.82, 2.24) is 4.57 Å². The van der Waals surface area contributed by atoms with Crippen molar-refractivity contribution in [1.29, 1.82) is 0 Å². The van der Waals surface area contributed by atoms with E-state index in [9.17, 15) is 9.90 Å². The van der Waals surface area contributed by atoms with Crippen molar-refractivity contribution in [3.05, 3.63) is 56.2 Å². The number of hydrogen-bond acceptors (Lipinski definition) is 4. The highest BCUT2D eigenvalue weighted by molar-refractivity contribution is 7.10. The molecule has 4 nitrogen and oxygen atoms in total. The van der Waals surface area contributed by atoms with Gasteiger partial charge < -0.3 is 9.52 Å². The van der Waals surface area contributed by atoms with Gasteiger partial charge >= 0.3 is 5.76 Å². The van der Waals surface area contributed by atoms with Gasteiger partial charge in [-0.05, 0) is 41.1 Å². The number of thiophene rings is 1. The van der Waals surface area contributed by atoms with Gasteiger partial charge in [-0.1, -0.05) is 13.0 Å². The fourth-order valence-electron chi connectivity index (χ4n) is 2.35. The molecule has 0 bridgehead atoms. The fraction of sp³-hybridized carbons (Fsp3) is 0.267. The van der Waals surface area contributed by atoms with Crippen LogP contribution in [0.15, 0.2) is 38.9 Å². The van der Waals surface area contributed by atoms with Gasteiger partial charge in [0.2, 0.25) is 0 Å². The second kappa shape index (κ2) is 4.92. The Balaban J connectivity index is 2.08. The van der Waals surface area contributed by atoms with E-state index in [1.54, 1.807) is 30.5 Å². The summed E-state index contributed by atoms with van der Waals surface area (Å²) in [6, 6.07) is 7.41. The maximum atomic E-state index is 11.5. The number of aromatic nitrogens is 1. The van der Waals surface area contributed by atoms with Crippen LogP contribution in [0.1, 0.15) is 29.0 Å². The van der Waals surface area contributed by atoms with Crippen molar-refractivity contribution < 1.29 is 9.52 Å². The summed E-state index contributed by atoms with van der Waals surface area (Å²) >= 11 is 1.54. The Morgan fingerprint density at radius 1 is 1.40 bits per heavy atom. The van der Waals surface area contributed by atoms with Crippen LogP contribution in [0.3, 0.4) is 0 Å². The van der Waals surface area contributed by atoms with Crippen LogP contribution in [-0.4, -0.2) is 9.67 Å². The summed E-state index contributed by atoms with van der Waals surface area (Å²) in [6.07, 6.45) is 0.207. The molecule has 1 N–H and O–H groups in total. The molecular formula is C15H15NO3S. The Hall–Kier alpha value is -1.85. The van der Waals surface area contributed by atoms with Gasteiger partial charge in [-0.2, -0.15) is 0 Å². The number of nitrogens with zero attached hydrogens (tertiary/aromatic N) is 1. The summed E-state index contributed by atoms with van der Waals surface area (Å²) in [7, 11) is 1.67. The number of aliphatic hydroxyl groups excluding tert-OH is 1. The second-order valence-electron chi connectivity index (χ2n) is 4.72. The molecule has 104 valence electrons. The van der Waals surface area contributed by atoms with Crippen LogP contribution in [0.4, 0.5) is 0 Å². The second-order valence-corrected chi connectivity index (χ2v) is 5.67. The lowest BCUT2D eigenvalue weighted by molar-refractivity contribution is 0.223. The molecule has 3 aromatic rings. The van der Waals surface area contributed by atoms with E-state index in [1.807, 2.05) is 17.5 Å². The molecule has 0 spiro atoms. The molecule has 3 rings (SSSR count). The minimum absolute atomic E-state index is 0.392. The first-order valence-corrected chi connectivity index (χ1v) is 7.33. The van der Waals surface area contributed by atoms with Gasteiger partial charge in [-0.15, -0.1) is 11.3 Å². The van der Waals surface area contributed by atoms with Crippen LogP contribution >= 0.6 is 11.3 Å². The van der Waals surface area contributed by atoms with Crippen LogP contribution in [0.25, 0.3) is 11.1 Å². The number of aryl methyl sites for hydroxylation is 2. The van der Waals surface area contributed by atoms with E-state index in [0.29, 0.717) is 5.58 Å². The molecule has 5 heteroatoms. The molecule has 0 aliphatic rings. The number of benzene rings is 1. The summed E-state index contributed by atoms with van der Waals surface area (Å²) in [5.41, 5.74) is 3.12. The first-order chi connectivity index (χ1) is 9.61. The minimum Gasteiger partial charge on any atom is -0.408 e. The maximum absolute atomic E-state index is 11.5. The average Bonchev–Trinajstić information content (AvgIpc) is 3.03. The normalized spacial score (nSPS) is 12.9. The maximum Gasteiger partial charge on any atom is 0.419 e. The number of fused-ring (bicyclic) bond motifs is 1. The van der Waals surface area contributed by atoms with Crippen molar-refractivity contribution in [2.45, 2.75) is 19.4 Å². The molecule has 0 amide bonds. The van der Waals surface area contributed by atoms with Crippen molar-refractivity contribution in [2.75, 3.05) is 0 Å². The lowest BCUT2D eigenvalue weighted by Crippen LogP contribution is -2.08. The van der Waals surface area contributed by atoms with E-state index in [-0.39, 0.29) is 0 Å². The van der Waals surface area contributed by atoms with E-state index in [1.165, 1.54) is 4.57 Å². The minimum atomic E-state index is -0.681. The molecule has 1 atom stereocenters. The fourth-order valence-corrected chi connectivity index (χ4v) is 3.36. The Labute approximate surface area is 119 Å². The lowest BCUT2D eigenvalue weighted by Gasteiger charge is -2.11. The number of hydrogen-bond donors (Lipinski definition) is 1. The van der Waals surface area contributed by atoms with Gasteiger partial charge in [0.25, 0.3) is 0 Å². The molecule has 0 aliphatic carbocycles. The van der Waals surface area contributed by atoms with E-state index < -0.39 is 11.9 Å². The zero-order chi connectivity index (χ0) is 14.3. The monoisotopic (exact) mass is 289 g/mol. The first kappa shape index (κ1) is 13.1. The molecule has 0 saturated heterocycles. The van der Waals surface area contributed by atoms with Crippen LogP contribution in [0.2, 0.25) is 0 Å². The standard InChI is InChI=1S/C15H15NO3S/c1-3-9-6-7-20-14(9)13(17)10-4-5-11-12(8-10)19-15(18)16(11)2/h4-8,13,17H,3H2,1-2H3. The van der Waals surface area contributed by atoms with Crippen molar-refractivity contribution in [3.8, 4) is 0 Å². The molecule has 2 aromatic heterocycles. The van der Waals surface area contributed by atoms with E-state index >= 15 is 0 Å². The Morgan fingerprint density at radius 2 is 2.20 bits per heavy atom. The van der Waals surface area contributed by atoms with E-state index in [0.717, 1.165) is 27.9 Å². The SMILES string of the molecule is CCc1ccsc1C(O)c1ccc2c(c1)oc(=O)n2C. The molecular weight excluding hydrogens is 274 g/mol. The lowest BCUT2D eigenvalue weighted by atomic mass is 10.0. The van der Waals surface area contributed by atoms with Crippen LogP contribution in [0, 0.1) is 0 Å². The molecule has 2 heterocycles. The van der Waals surface area contributed by atoms with Gasteiger partial charge in [-0.25, -0.2) is 4.79 Å². The van der Waals surface area contributed by atoms with Gasteiger partial charge in [0.15, 0.2) is 5.58 Å². The zero-order valence-electron chi connectivity index (χ0n) is 11.3. The Bertz CT molecular complexity index is 812. The predicted octanol–water partition coefficient (Wildman–Crippen LogP) is 2.84. The number of aliphatic hydroxyl groups is 1. The molecule has 1 unspecified atom stereocenters. The Morgan fingerprint density at radius 3 is 2.95 bits per heavy atom. The van der Waals surface area contributed by atoms with Crippen molar-refractivity contribution >= 4 is 22.4 Å². The highest BCUT2D eigenvalue weighted by Gasteiger charge is 2.17. The molecule has 0 fully saturated rings. The molecule has 0 radical (unpaired) electrons. The van der Waals surface area contributed by atoms with Gasteiger partial charge in [-0.3, -0.25) is 4.57 Å². The largest absolute Gasteiger partial charge is 0.419 e. The summed E-state index contributed by atoms with van der Waals surface area (Å²) in [5, 5.41) is 12.5. The third-order valence-electron chi connectivity index (χ3n) is 3.54. The highest BCUT2D eigenvalue weighted by Crippen LogP contribution is 2.31. The van der Waals surface area contributed by atoms with Crippen molar-refractivity contribution in [3.63, 3.8) is 0 Å². The summed E-state index contributed by atoms with van der Waals surface area (Å²) < 4.78 is 6.62. The van der Waals surface area contributed by atoms with Crippen molar-refractivity contribution in [2.24, 2.45) is 7.05 Å². The zero-order valence-corrected chi connectivity index (χ0v) is 12.1. The highest BCUT2D eigenvalue weighted by atomic mass is 32.1. The van der Waals surface area contributed by atoms with Gasteiger partial charge in [0, 0.05) is 11.9 Å². The average molecular weight is 289 g/mol. The smallest absolute Gasteiger partial charge is 0.408 e. The van der Waals surface area contributed by atoms with Gasteiger partial charge in [0.1, 0.15) is 6.10 Å². The van der Waals surface area contributed by atoms with E-state index in [4.69, 9.17) is 4.42 Å². The van der Waals surface area contributed by atoms with Crippen LogP contribution in [0.5, 0.6) is 0 Å². The third-order valence-corrected chi connectivity index (χ3v) is 4.55. The summed E-state index contributed by atoms with van der Waals surface area (Å²) in [5.74, 6) is -0.392. The third kappa shape index (κ3) is 1.99. The van der Waals surface area contributed by atoms with Crippen LogP contribution in [-0.2, 0) is 13.5 Å². The summed E-state index contributed by atoms with van der Waals surface area (Å²) in [6.45, 7) is 2.07. The topological polar surface area (TPSA) is 55.4 Å². The quantitative estimate of drug-likeness (QED) is 0.806. The number of oxazole rings is 1. The molecule has 20 heavy (non-hydrogen) atoms. The Kier molecular flexibility index (Phi) is 3.23. The van der Waals surface area contributed by atoms with E-state index in [2.05, 4.69) is 6.92 Å². The van der Waals surface area contributed by atoms with Crippen LogP contribution < -0.4 is 5.76 Å². The summed E-state index contributed by atoms with van der Waals surface area (Å²) in [4.78, 5) is 12.4. The molecule has 0 aliphatic heterocycles. The molecule has 1 aromatic carbocycles. The molecule has 0 saturated carbocycles. The number of rotatable bonds is 3.